The van der Waals surface area contributed by atoms with Crippen molar-refractivity contribution in [2.75, 3.05) is 0 Å². The molecule has 3 aromatic carbocycles. The molecule has 3 nitrogen and oxygen atoms in total. The zero-order valence-corrected chi connectivity index (χ0v) is 32.9. The Morgan fingerprint density at radius 3 is 2.60 bits per heavy atom. The summed E-state index contributed by atoms with van der Waals surface area (Å²) in [5.74, 6) is 1.15. The van der Waals surface area contributed by atoms with Crippen LogP contribution in [0, 0.1) is 11.7 Å². The number of rotatable bonds is 4. The van der Waals surface area contributed by atoms with Crippen LogP contribution < -0.4 is 25.4 Å². The summed E-state index contributed by atoms with van der Waals surface area (Å²) < 4.78 is 62.0. The molecule has 0 saturated carbocycles. The molecule has 0 radical (unpaired) electrons. The Kier molecular flexibility index (Phi) is 8.05. The summed E-state index contributed by atoms with van der Waals surface area (Å²) in [5, 5.41) is 1.35. The molecule has 4 aliphatic heterocycles. The van der Waals surface area contributed by atoms with Crippen molar-refractivity contribution in [2.45, 2.75) is 71.9 Å². The molecule has 1 saturated heterocycles. The van der Waals surface area contributed by atoms with Gasteiger partial charge in [0.05, 0.1) is 11.6 Å². The minimum absolute atomic E-state index is 0.0190. The van der Waals surface area contributed by atoms with Crippen molar-refractivity contribution >= 4 is 41.0 Å². The van der Waals surface area contributed by atoms with Gasteiger partial charge in [-0.15, -0.1) is 9.24 Å². The van der Waals surface area contributed by atoms with E-state index in [1.807, 2.05) is 36.4 Å². The third-order valence-corrected chi connectivity index (χ3v) is 19.4. The van der Waals surface area contributed by atoms with Gasteiger partial charge in [0.2, 0.25) is 0 Å². The molecule has 276 valence electrons. The summed E-state index contributed by atoms with van der Waals surface area (Å²) in [7, 11) is 0.461. The molecular formula is C46H39F3NO2P3. The van der Waals surface area contributed by atoms with Crippen molar-refractivity contribution in [1.29, 1.82) is 0 Å². The molecular weight excluding hydrogens is 748 g/mol. The second kappa shape index (κ2) is 12.9. The summed E-state index contributed by atoms with van der Waals surface area (Å²) in [6, 6.07) is 25.6. The van der Waals surface area contributed by atoms with E-state index in [2.05, 4.69) is 63.9 Å². The van der Waals surface area contributed by atoms with Crippen molar-refractivity contribution in [3.63, 3.8) is 0 Å². The second-order valence-electron chi connectivity index (χ2n) is 16.0. The Labute approximate surface area is 324 Å². The van der Waals surface area contributed by atoms with Crippen LogP contribution in [0.4, 0.5) is 13.2 Å². The molecule has 4 aliphatic carbocycles. The van der Waals surface area contributed by atoms with E-state index in [-0.39, 0.29) is 41.0 Å². The zero-order chi connectivity index (χ0) is 37.1. The highest BCUT2D eigenvalue weighted by atomic mass is 31.1. The van der Waals surface area contributed by atoms with Crippen molar-refractivity contribution in [1.82, 2.24) is 4.98 Å². The predicted octanol–water partition coefficient (Wildman–Crippen LogP) is 10.3. The molecule has 8 aliphatic rings. The number of ether oxygens (including phenoxy) is 2. The van der Waals surface area contributed by atoms with Gasteiger partial charge in [0.1, 0.15) is 35.0 Å². The van der Waals surface area contributed by atoms with Crippen LogP contribution in [0.25, 0.3) is 11.1 Å². The number of hydrogen-bond acceptors (Lipinski definition) is 3. The Hall–Kier alpha value is -3.81. The van der Waals surface area contributed by atoms with Crippen molar-refractivity contribution in [3.05, 3.63) is 156 Å². The highest BCUT2D eigenvalue weighted by Crippen LogP contribution is 2.68. The monoisotopic (exact) mass is 787 g/mol. The number of aromatic nitrogens is 1. The van der Waals surface area contributed by atoms with Gasteiger partial charge in [0.25, 0.3) is 0 Å². The van der Waals surface area contributed by atoms with E-state index in [0.29, 0.717) is 11.5 Å². The first-order valence-corrected chi connectivity index (χ1v) is 22.7. The lowest BCUT2D eigenvalue weighted by Gasteiger charge is -2.43. The van der Waals surface area contributed by atoms with Crippen LogP contribution in [0.15, 0.2) is 139 Å². The molecule has 4 aromatic rings. The summed E-state index contributed by atoms with van der Waals surface area (Å²) in [6.45, 7) is 0. The van der Waals surface area contributed by atoms with Crippen molar-refractivity contribution in [2.24, 2.45) is 5.92 Å². The van der Waals surface area contributed by atoms with Crippen LogP contribution >= 0.6 is 25.1 Å². The molecule has 5 heterocycles. The fourth-order valence-electron chi connectivity index (χ4n) is 10.5. The van der Waals surface area contributed by atoms with Crippen LogP contribution in [0.3, 0.4) is 0 Å². The van der Waals surface area contributed by atoms with Crippen LogP contribution in [0.5, 0.6) is 11.5 Å². The van der Waals surface area contributed by atoms with E-state index in [1.165, 1.54) is 6.07 Å². The fourth-order valence-corrected chi connectivity index (χ4v) is 17.7. The summed E-state index contributed by atoms with van der Waals surface area (Å²) in [5.41, 5.74) is 3.21. The summed E-state index contributed by atoms with van der Waals surface area (Å²) >= 11 is 0. The van der Waals surface area contributed by atoms with Crippen LogP contribution in [-0.2, 0) is 5.41 Å². The first-order chi connectivity index (χ1) is 26.8. The summed E-state index contributed by atoms with van der Waals surface area (Å²) in [6.07, 6.45) is 19.1. The normalized spacial score (nSPS) is 34.6. The topological polar surface area (TPSA) is 31.4 Å². The van der Waals surface area contributed by atoms with Gasteiger partial charge in [-0.05, 0) is 122 Å². The van der Waals surface area contributed by atoms with Crippen molar-refractivity contribution in [3.8, 4) is 22.6 Å². The van der Waals surface area contributed by atoms with E-state index < -0.39 is 38.7 Å². The Morgan fingerprint density at radius 2 is 1.75 bits per heavy atom. The van der Waals surface area contributed by atoms with E-state index in [4.69, 9.17) is 14.5 Å². The van der Waals surface area contributed by atoms with Gasteiger partial charge >= 0.3 is 0 Å². The fraction of sp³-hybridized carbons (Fsp3) is 0.283. The number of allylic oxidation sites excluding steroid dienone is 7. The quantitative estimate of drug-likeness (QED) is 0.153. The first kappa shape index (κ1) is 34.4. The van der Waals surface area contributed by atoms with Crippen molar-refractivity contribution < 1.29 is 22.6 Å². The highest BCUT2D eigenvalue weighted by Gasteiger charge is 2.62. The van der Waals surface area contributed by atoms with Crippen LogP contribution in [0.1, 0.15) is 49.4 Å². The Balaban J connectivity index is 1.03. The Bertz CT molecular complexity index is 2410. The van der Waals surface area contributed by atoms with Gasteiger partial charge in [-0.2, -0.15) is 0 Å². The lowest BCUT2D eigenvalue weighted by Crippen LogP contribution is -2.45. The average molecular weight is 788 g/mol. The standard InChI is InChI=1S/C46H39F3NO2P3/c47-30-11-13-37-39(23-30)54-34-10-5-17-45(26-34,43-35(48)25-41(54)44(43)52-37)42-22-29(27-6-2-1-3-7-27)21-36(50-42)28-8-4-9-33(20-28)55-40-24-32(53)12-14-38(40)51-31-15-18-46(55,49)19-16-31/h1-7,9,11-18,21-25,28,33-34,41,43-44H,8,10,19-20,26,53H2. The maximum atomic E-state index is 17.4. The number of benzene rings is 3. The van der Waals surface area contributed by atoms with Crippen LogP contribution in [-0.4, -0.2) is 33.5 Å². The first-order valence-electron chi connectivity index (χ1n) is 19.3. The zero-order valence-electron chi connectivity index (χ0n) is 30.0. The van der Waals surface area contributed by atoms with Crippen LogP contribution in [0.2, 0.25) is 0 Å². The summed E-state index contributed by atoms with van der Waals surface area (Å²) in [4.78, 5) is 5.60. The number of alkyl halides is 1. The van der Waals surface area contributed by atoms with Gasteiger partial charge in [-0.25, -0.2) is 13.2 Å². The van der Waals surface area contributed by atoms with Gasteiger partial charge in [0, 0.05) is 45.4 Å². The molecule has 11 atom stereocenters. The number of pyridine rings is 1. The SMILES string of the molecule is FC1=CC2C3Oc4ccc(F)cc4P2C2CC=CC(c4cc(-c5ccccc5)cc(C5CC=CC(P6c7cc(P)ccc7OC7=CCC6(F)C=C7)C5)n4)(C2)C13. The third kappa shape index (κ3) is 5.45. The number of fused-ring (bicyclic) bond motifs is 7. The highest BCUT2D eigenvalue weighted by molar-refractivity contribution is 7.68. The molecule has 0 N–H and O–H groups in total. The molecule has 8 bridgehead atoms. The van der Waals surface area contributed by atoms with Gasteiger partial charge in [-0.3, -0.25) is 4.98 Å². The number of nitrogens with zero attached hydrogens (tertiary/aromatic N) is 1. The molecule has 9 heteroatoms. The van der Waals surface area contributed by atoms with Gasteiger partial charge in [0.15, 0.2) is 5.41 Å². The minimum Gasteiger partial charge on any atom is -0.488 e. The average Bonchev–Trinajstić information content (AvgIpc) is 3.51. The molecule has 0 spiro atoms. The maximum Gasteiger partial charge on any atom is 0.156 e. The molecule has 55 heavy (non-hydrogen) atoms. The van der Waals surface area contributed by atoms with E-state index in [9.17, 15) is 4.39 Å². The van der Waals surface area contributed by atoms with Gasteiger partial charge < -0.3 is 9.47 Å². The largest absolute Gasteiger partial charge is 0.488 e. The minimum atomic E-state index is -1.51. The number of hydrogen-bond donors (Lipinski definition) is 0. The molecule has 12 rings (SSSR count). The van der Waals surface area contributed by atoms with Gasteiger partial charge in [-0.1, -0.05) is 68.6 Å². The molecule has 1 aromatic heterocycles. The van der Waals surface area contributed by atoms with E-state index >= 15 is 8.78 Å². The molecule has 0 amide bonds. The Morgan fingerprint density at radius 1 is 0.873 bits per heavy atom. The second-order valence-corrected chi connectivity index (χ2v) is 21.9. The lowest BCUT2D eigenvalue weighted by molar-refractivity contribution is 0.117. The molecule has 1 fully saturated rings. The number of halogens is 3. The van der Waals surface area contributed by atoms with E-state index in [0.717, 1.165) is 69.9 Å². The molecule has 11 unspecified atom stereocenters. The maximum absolute atomic E-state index is 17.4. The predicted molar refractivity (Wildman–Crippen MR) is 221 cm³/mol. The lowest BCUT2D eigenvalue weighted by atomic mass is 9.65. The smallest absolute Gasteiger partial charge is 0.156 e. The third-order valence-electron chi connectivity index (χ3n) is 12.9. The van der Waals surface area contributed by atoms with E-state index in [1.54, 1.807) is 30.4 Å².